The fourth-order valence-corrected chi connectivity index (χ4v) is 2.52. The molecule has 0 saturated carbocycles. The number of alkyl carbamates (subject to hydrolysis) is 1. The molecule has 8 nitrogen and oxygen atoms in total. The highest BCUT2D eigenvalue weighted by atomic mass is 16.5. The molecule has 3 amide bonds. The molecular formula is C21H25N3O5. The summed E-state index contributed by atoms with van der Waals surface area (Å²) >= 11 is 0. The third-order valence-electron chi connectivity index (χ3n) is 4.20. The number of hydrogen-bond donors (Lipinski definition) is 3. The van der Waals surface area contributed by atoms with E-state index in [4.69, 9.17) is 15.2 Å². The quantitative estimate of drug-likeness (QED) is 0.591. The standard InChI is InChI=1S/C21H25N3O5/c1-14(23-21(27)29-13-16-8-10-17(28-2)11-9-16)20(26)24-18(19(22)25)12-15-6-4-3-5-7-15/h3-11,14,18H,12-13H2,1-2H3,(H2,22,25)(H,23,27)(H,24,26). The minimum atomic E-state index is -0.906. The van der Waals surface area contributed by atoms with Gasteiger partial charge in [0, 0.05) is 6.42 Å². The minimum absolute atomic E-state index is 0.0437. The fourth-order valence-electron chi connectivity index (χ4n) is 2.52. The van der Waals surface area contributed by atoms with Crippen molar-refractivity contribution in [3.8, 4) is 5.75 Å². The molecule has 4 N–H and O–H groups in total. The van der Waals surface area contributed by atoms with Crippen molar-refractivity contribution in [2.45, 2.75) is 32.0 Å². The lowest BCUT2D eigenvalue weighted by Gasteiger charge is -2.19. The van der Waals surface area contributed by atoms with E-state index in [-0.39, 0.29) is 13.0 Å². The van der Waals surface area contributed by atoms with Crippen molar-refractivity contribution in [1.29, 1.82) is 0 Å². The summed E-state index contributed by atoms with van der Waals surface area (Å²) in [4.78, 5) is 35.9. The zero-order valence-corrected chi connectivity index (χ0v) is 16.4. The van der Waals surface area contributed by atoms with E-state index in [1.807, 2.05) is 30.3 Å². The molecule has 2 aromatic rings. The van der Waals surface area contributed by atoms with Crippen LogP contribution in [-0.4, -0.2) is 37.1 Å². The molecule has 0 saturated heterocycles. The number of amides is 3. The van der Waals surface area contributed by atoms with Crippen molar-refractivity contribution in [1.82, 2.24) is 10.6 Å². The van der Waals surface area contributed by atoms with Crippen LogP contribution in [0.3, 0.4) is 0 Å². The van der Waals surface area contributed by atoms with Crippen LogP contribution in [0.25, 0.3) is 0 Å². The highest BCUT2D eigenvalue weighted by Gasteiger charge is 2.23. The van der Waals surface area contributed by atoms with Crippen molar-refractivity contribution in [3.05, 3.63) is 65.7 Å². The molecule has 0 bridgehead atoms. The van der Waals surface area contributed by atoms with E-state index in [1.165, 1.54) is 6.92 Å². The average Bonchev–Trinajstić information content (AvgIpc) is 2.72. The third kappa shape index (κ3) is 7.17. The Balaban J connectivity index is 1.82. The number of methoxy groups -OCH3 is 1. The molecule has 0 aliphatic carbocycles. The number of carbonyl (C=O) groups excluding carboxylic acids is 3. The maximum absolute atomic E-state index is 12.3. The van der Waals surface area contributed by atoms with Crippen LogP contribution < -0.4 is 21.1 Å². The highest BCUT2D eigenvalue weighted by molar-refractivity contribution is 5.90. The zero-order chi connectivity index (χ0) is 21.2. The highest BCUT2D eigenvalue weighted by Crippen LogP contribution is 2.12. The number of rotatable bonds is 9. The second-order valence-electron chi connectivity index (χ2n) is 6.44. The van der Waals surface area contributed by atoms with E-state index in [0.29, 0.717) is 5.75 Å². The molecule has 2 atom stereocenters. The van der Waals surface area contributed by atoms with Crippen LogP contribution in [0.15, 0.2) is 54.6 Å². The van der Waals surface area contributed by atoms with Crippen LogP contribution in [0.4, 0.5) is 4.79 Å². The monoisotopic (exact) mass is 399 g/mol. The molecule has 29 heavy (non-hydrogen) atoms. The van der Waals surface area contributed by atoms with Gasteiger partial charge < -0.3 is 25.8 Å². The van der Waals surface area contributed by atoms with Crippen LogP contribution in [0, 0.1) is 0 Å². The Bertz CT molecular complexity index is 824. The lowest BCUT2D eigenvalue weighted by Crippen LogP contribution is -2.52. The topological polar surface area (TPSA) is 120 Å². The minimum Gasteiger partial charge on any atom is -0.497 e. The van der Waals surface area contributed by atoms with Gasteiger partial charge in [0.05, 0.1) is 7.11 Å². The van der Waals surface area contributed by atoms with Crippen molar-refractivity contribution in [3.63, 3.8) is 0 Å². The van der Waals surface area contributed by atoms with E-state index in [0.717, 1.165) is 11.1 Å². The van der Waals surface area contributed by atoms with E-state index in [2.05, 4.69) is 10.6 Å². The molecule has 0 aromatic heterocycles. The number of nitrogens with one attached hydrogen (secondary N) is 2. The fraction of sp³-hybridized carbons (Fsp3) is 0.286. The van der Waals surface area contributed by atoms with Gasteiger partial charge in [0.2, 0.25) is 11.8 Å². The van der Waals surface area contributed by atoms with Crippen LogP contribution >= 0.6 is 0 Å². The summed E-state index contributed by atoms with van der Waals surface area (Å²) in [6.07, 6.45) is -0.488. The average molecular weight is 399 g/mol. The molecule has 0 aliphatic rings. The number of hydrogen-bond acceptors (Lipinski definition) is 5. The number of carbonyl (C=O) groups is 3. The van der Waals surface area contributed by atoms with Gasteiger partial charge in [-0.1, -0.05) is 42.5 Å². The van der Waals surface area contributed by atoms with Crippen LogP contribution in [-0.2, 0) is 27.4 Å². The lowest BCUT2D eigenvalue weighted by molar-refractivity contribution is -0.128. The summed E-state index contributed by atoms with van der Waals surface area (Å²) in [6, 6.07) is 14.4. The van der Waals surface area contributed by atoms with Crippen molar-refractivity contribution in [2.24, 2.45) is 5.73 Å². The van der Waals surface area contributed by atoms with Gasteiger partial charge in [-0.2, -0.15) is 0 Å². The van der Waals surface area contributed by atoms with Gasteiger partial charge >= 0.3 is 6.09 Å². The predicted octanol–water partition coefficient (Wildman–Crippen LogP) is 1.52. The SMILES string of the molecule is COc1ccc(COC(=O)NC(C)C(=O)NC(Cc2ccccc2)C(N)=O)cc1. The summed E-state index contributed by atoms with van der Waals surface area (Å²) < 4.78 is 10.2. The summed E-state index contributed by atoms with van der Waals surface area (Å²) in [6.45, 7) is 1.53. The zero-order valence-electron chi connectivity index (χ0n) is 16.4. The largest absolute Gasteiger partial charge is 0.497 e. The number of nitrogens with two attached hydrogens (primary N) is 1. The van der Waals surface area contributed by atoms with E-state index < -0.39 is 30.0 Å². The third-order valence-corrected chi connectivity index (χ3v) is 4.20. The first-order valence-corrected chi connectivity index (χ1v) is 9.09. The van der Waals surface area contributed by atoms with Crippen LogP contribution in [0.5, 0.6) is 5.75 Å². The molecule has 0 heterocycles. The smallest absolute Gasteiger partial charge is 0.408 e. The number of ether oxygens (including phenoxy) is 2. The molecule has 2 aromatic carbocycles. The molecule has 8 heteroatoms. The molecule has 2 unspecified atom stereocenters. The van der Waals surface area contributed by atoms with Gasteiger partial charge in [-0.3, -0.25) is 9.59 Å². The summed E-state index contributed by atoms with van der Waals surface area (Å²) in [7, 11) is 1.56. The van der Waals surface area contributed by atoms with Gasteiger partial charge in [-0.15, -0.1) is 0 Å². The van der Waals surface area contributed by atoms with Crippen molar-refractivity contribution >= 4 is 17.9 Å². The van der Waals surface area contributed by atoms with Gasteiger partial charge in [0.25, 0.3) is 0 Å². The first kappa shape index (κ1) is 21.7. The van der Waals surface area contributed by atoms with E-state index in [1.54, 1.807) is 31.4 Å². The van der Waals surface area contributed by atoms with Crippen LogP contribution in [0.1, 0.15) is 18.1 Å². The number of benzene rings is 2. The summed E-state index contributed by atoms with van der Waals surface area (Å²) in [5.74, 6) is -0.495. The Morgan fingerprint density at radius 3 is 2.21 bits per heavy atom. The molecule has 0 aliphatic heterocycles. The maximum atomic E-state index is 12.3. The Hall–Kier alpha value is -3.55. The van der Waals surface area contributed by atoms with Gasteiger partial charge in [0.15, 0.2) is 0 Å². The maximum Gasteiger partial charge on any atom is 0.408 e. The second kappa shape index (κ2) is 10.7. The lowest BCUT2D eigenvalue weighted by atomic mass is 10.1. The molecule has 0 spiro atoms. The molecule has 0 radical (unpaired) electrons. The summed E-state index contributed by atoms with van der Waals surface area (Å²) in [5, 5.41) is 4.99. The molecule has 2 rings (SSSR count). The van der Waals surface area contributed by atoms with E-state index in [9.17, 15) is 14.4 Å². The first-order chi connectivity index (χ1) is 13.9. The molecule has 154 valence electrons. The van der Waals surface area contributed by atoms with Gasteiger partial charge in [-0.05, 0) is 30.2 Å². The van der Waals surface area contributed by atoms with E-state index >= 15 is 0 Å². The number of primary amides is 1. The normalized spacial score (nSPS) is 12.3. The Labute approximate surface area is 169 Å². The second-order valence-corrected chi connectivity index (χ2v) is 6.44. The van der Waals surface area contributed by atoms with Gasteiger partial charge in [-0.25, -0.2) is 4.79 Å². The predicted molar refractivity (Wildman–Crippen MR) is 107 cm³/mol. The Morgan fingerprint density at radius 2 is 1.62 bits per heavy atom. The molecule has 0 fully saturated rings. The van der Waals surface area contributed by atoms with Gasteiger partial charge in [0.1, 0.15) is 24.4 Å². The Kier molecular flexibility index (Phi) is 8.02. The van der Waals surface area contributed by atoms with Crippen molar-refractivity contribution in [2.75, 3.05) is 7.11 Å². The summed E-state index contributed by atoms with van der Waals surface area (Å²) in [5.41, 5.74) is 7.02. The van der Waals surface area contributed by atoms with Crippen LogP contribution in [0.2, 0.25) is 0 Å². The van der Waals surface area contributed by atoms with Crippen molar-refractivity contribution < 1.29 is 23.9 Å². The first-order valence-electron chi connectivity index (χ1n) is 9.09. The Morgan fingerprint density at radius 1 is 0.966 bits per heavy atom. The molecular weight excluding hydrogens is 374 g/mol.